The number of hydrogen-bond acceptors (Lipinski definition) is 4. The molecule has 1 aliphatic rings. The fourth-order valence-corrected chi connectivity index (χ4v) is 1.68. The lowest BCUT2D eigenvalue weighted by Crippen LogP contribution is -1.93. The fraction of sp³-hybridized carbons (Fsp3) is 0.333. The standard InChI is InChI=1S/C12H13NO4/c1-9(7-13(14)15)2-3-10-4-5-11-12(6-10)17-8-16-11/h4-7H,2-3,8H2,1H3/b9-7+. The first-order valence-corrected chi connectivity index (χ1v) is 5.34. The van der Waals surface area contributed by atoms with E-state index in [1.54, 1.807) is 6.92 Å². The molecule has 17 heavy (non-hydrogen) atoms. The first kappa shape index (κ1) is 11.4. The number of nitrogens with zero attached hydrogens (tertiary/aromatic N) is 1. The third-order valence-electron chi connectivity index (χ3n) is 2.57. The summed E-state index contributed by atoms with van der Waals surface area (Å²) in [5, 5.41) is 10.3. The SMILES string of the molecule is C/C(=C\[N+](=O)[O-])CCc1ccc2c(c1)OCO2. The highest BCUT2D eigenvalue weighted by molar-refractivity contribution is 5.44. The van der Waals surface area contributed by atoms with Crippen LogP contribution in [-0.2, 0) is 6.42 Å². The molecule has 0 aliphatic carbocycles. The summed E-state index contributed by atoms with van der Waals surface area (Å²) in [7, 11) is 0. The van der Waals surface area contributed by atoms with Crippen molar-refractivity contribution in [3.8, 4) is 11.5 Å². The van der Waals surface area contributed by atoms with Crippen LogP contribution in [-0.4, -0.2) is 11.7 Å². The highest BCUT2D eigenvalue weighted by Crippen LogP contribution is 2.32. The molecule has 0 fully saturated rings. The third kappa shape index (κ3) is 2.96. The van der Waals surface area contributed by atoms with Gasteiger partial charge >= 0.3 is 0 Å². The largest absolute Gasteiger partial charge is 0.454 e. The predicted octanol–water partition coefficient (Wildman–Crippen LogP) is 2.53. The van der Waals surface area contributed by atoms with E-state index in [0.29, 0.717) is 6.42 Å². The summed E-state index contributed by atoms with van der Waals surface area (Å²) < 4.78 is 10.5. The first-order valence-electron chi connectivity index (χ1n) is 5.34. The molecule has 1 aliphatic heterocycles. The molecule has 1 aromatic carbocycles. The van der Waals surface area contributed by atoms with E-state index in [9.17, 15) is 10.1 Å². The summed E-state index contributed by atoms with van der Waals surface area (Å²) in [5.74, 6) is 1.50. The summed E-state index contributed by atoms with van der Waals surface area (Å²) in [6.45, 7) is 2.02. The van der Waals surface area contributed by atoms with Crippen LogP contribution in [0.3, 0.4) is 0 Å². The minimum Gasteiger partial charge on any atom is -0.454 e. The van der Waals surface area contributed by atoms with Crippen molar-refractivity contribution in [3.63, 3.8) is 0 Å². The maximum atomic E-state index is 10.3. The molecule has 0 unspecified atom stereocenters. The zero-order chi connectivity index (χ0) is 12.3. The van der Waals surface area contributed by atoms with Gasteiger partial charge in [-0.3, -0.25) is 10.1 Å². The van der Waals surface area contributed by atoms with Gasteiger partial charge in [-0.25, -0.2) is 0 Å². The molecule has 2 rings (SSSR count). The molecule has 5 heteroatoms. The Balaban J connectivity index is 1.98. The summed E-state index contributed by atoms with van der Waals surface area (Å²) in [4.78, 5) is 9.85. The Morgan fingerprint density at radius 3 is 3.00 bits per heavy atom. The maximum absolute atomic E-state index is 10.3. The van der Waals surface area contributed by atoms with Crippen LogP contribution in [0.2, 0.25) is 0 Å². The van der Waals surface area contributed by atoms with Gasteiger partial charge in [0.25, 0.3) is 0 Å². The fourth-order valence-electron chi connectivity index (χ4n) is 1.68. The van der Waals surface area contributed by atoms with Crippen molar-refractivity contribution in [2.24, 2.45) is 0 Å². The molecular formula is C12H13NO4. The number of fused-ring (bicyclic) bond motifs is 1. The second kappa shape index (κ2) is 4.86. The van der Waals surface area contributed by atoms with Crippen molar-refractivity contribution < 1.29 is 14.4 Å². The second-order valence-corrected chi connectivity index (χ2v) is 3.95. The van der Waals surface area contributed by atoms with Crippen LogP contribution >= 0.6 is 0 Å². The van der Waals surface area contributed by atoms with Crippen LogP contribution in [0, 0.1) is 10.1 Å². The number of rotatable bonds is 4. The van der Waals surface area contributed by atoms with Gasteiger partial charge in [0.2, 0.25) is 13.0 Å². The van der Waals surface area contributed by atoms with Crippen LogP contribution in [0.25, 0.3) is 0 Å². The van der Waals surface area contributed by atoms with Gasteiger partial charge < -0.3 is 9.47 Å². The Morgan fingerprint density at radius 1 is 1.47 bits per heavy atom. The van der Waals surface area contributed by atoms with E-state index >= 15 is 0 Å². The average Bonchev–Trinajstić information content (AvgIpc) is 2.72. The summed E-state index contributed by atoms with van der Waals surface area (Å²) >= 11 is 0. The topological polar surface area (TPSA) is 61.6 Å². The molecule has 0 amide bonds. The first-order chi connectivity index (χ1) is 8.15. The van der Waals surface area contributed by atoms with Crippen LogP contribution in [0.4, 0.5) is 0 Å². The number of ether oxygens (including phenoxy) is 2. The summed E-state index contributed by atoms with van der Waals surface area (Å²) in [6.07, 6.45) is 2.47. The molecule has 0 bridgehead atoms. The van der Waals surface area contributed by atoms with Crippen LogP contribution < -0.4 is 9.47 Å². The van der Waals surface area contributed by atoms with Crippen molar-refractivity contribution in [1.82, 2.24) is 0 Å². The average molecular weight is 235 g/mol. The normalized spacial score (nSPS) is 13.8. The van der Waals surface area contributed by atoms with E-state index in [2.05, 4.69) is 0 Å². The zero-order valence-electron chi connectivity index (χ0n) is 9.51. The van der Waals surface area contributed by atoms with E-state index in [1.165, 1.54) is 0 Å². The monoisotopic (exact) mass is 235 g/mol. The van der Waals surface area contributed by atoms with Crippen molar-refractivity contribution in [1.29, 1.82) is 0 Å². The summed E-state index contributed by atoms with van der Waals surface area (Å²) in [6, 6.07) is 5.74. The van der Waals surface area contributed by atoms with Gasteiger partial charge in [0.1, 0.15) is 0 Å². The van der Waals surface area contributed by atoms with E-state index in [1.807, 2.05) is 18.2 Å². The smallest absolute Gasteiger partial charge is 0.233 e. The zero-order valence-corrected chi connectivity index (χ0v) is 9.51. The van der Waals surface area contributed by atoms with Crippen LogP contribution in [0.1, 0.15) is 18.9 Å². The number of hydrogen-bond donors (Lipinski definition) is 0. The Kier molecular flexibility index (Phi) is 3.27. The molecule has 0 radical (unpaired) electrons. The molecule has 5 nitrogen and oxygen atoms in total. The number of benzene rings is 1. The highest BCUT2D eigenvalue weighted by atomic mass is 16.7. The van der Waals surface area contributed by atoms with Crippen molar-refractivity contribution >= 4 is 0 Å². The minimum absolute atomic E-state index is 0.263. The molecular weight excluding hydrogens is 222 g/mol. The van der Waals surface area contributed by atoms with E-state index in [4.69, 9.17) is 9.47 Å². The highest BCUT2D eigenvalue weighted by Gasteiger charge is 2.13. The van der Waals surface area contributed by atoms with Gasteiger partial charge in [0, 0.05) is 0 Å². The van der Waals surface area contributed by atoms with Crippen molar-refractivity contribution in [3.05, 3.63) is 45.6 Å². The number of allylic oxidation sites excluding steroid dienone is 1. The lowest BCUT2D eigenvalue weighted by Gasteiger charge is -2.02. The molecule has 1 heterocycles. The van der Waals surface area contributed by atoms with Crippen LogP contribution in [0.5, 0.6) is 11.5 Å². The van der Waals surface area contributed by atoms with E-state index in [0.717, 1.165) is 35.3 Å². The van der Waals surface area contributed by atoms with Crippen molar-refractivity contribution in [2.75, 3.05) is 6.79 Å². The van der Waals surface area contributed by atoms with Gasteiger partial charge in [0.05, 0.1) is 4.92 Å². The van der Waals surface area contributed by atoms with Gasteiger partial charge in [-0.1, -0.05) is 6.07 Å². The molecule has 0 spiro atoms. The lowest BCUT2D eigenvalue weighted by atomic mass is 10.1. The third-order valence-corrected chi connectivity index (χ3v) is 2.57. The quantitative estimate of drug-likeness (QED) is 0.594. The molecule has 0 saturated carbocycles. The molecule has 0 atom stereocenters. The molecule has 1 aromatic rings. The molecule has 90 valence electrons. The Labute approximate surface area is 98.8 Å². The maximum Gasteiger partial charge on any atom is 0.233 e. The van der Waals surface area contributed by atoms with Gasteiger partial charge in [-0.05, 0) is 43.0 Å². The number of aryl methyl sites for hydroxylation is 1. The Hall–Kier alpha value is -2.04. The van der Waals surface area contributed by atoms with Crippen LogP contribution in [0.15, 0.2) is 30.0 Å². The van der Waals surface area contributed by atoms with Crippen molar-refractivity contribution in [2.45, 2.75) is 19.8 Å². The summed E-state index contributed by atoms with van der Waals surface area (Å²) in [5.41, 5.74) is 1.85. The Morgan fingerprint density at radius 2 is 2.24 bits per heavy atom. The molecule has 0 saturated heterocycles. The molecule has 0 aromatic heterocycles. The van der Waals surface area contributed by atoms with Gasteiger partial charge in [0.15, 0.2) is 11.5 Å². The minimum atomic E-state index is -0.422. The predicted molar refractivity (Wildman–Crippen MR) is 61.6 cm³/mol. The van der Waals surface area contributed by atoms with Gasteiger partial charge in [-0.15, -0.1) is 0 Å². The lowest BCUT2D eigenvalue weighted by molar-refractivity contribution is -0.403. The van der Waals surface area contributed by atoms with Gasteiger partial charge in [-0.2, -0.15) is 0 Å². The second-order valence-electron chi connectivity index (χ2n) is 3.95. The van der Waals surface area contributed by atoms with E-state index in [-0.39, 0.29) is 6.79 Å². The number of nitro groups is 1. The Bertz CT molecular complexity index is 468. The van der Waals surface area contributed by atoms with E-state index < -0.39 is 4.92 Å². The molecule has 0 N–H and O–H groups in total.